The molecule has 1 aromatic carbocycles. The van der Waals surface area contributed by atoms with Crippen LogP contribution >= 0.6 is 11.6 Å². The molecular weight excluding hydrogens is 248 g/mol. The van der Waals surface area contributed by atoms with Crippen molar-refractivity contribution in [2.24, 2.45) is 0 Å². The fraction of sp³-hybridized carbons (Fsp3) is 0.286. The zero-order valence-electron chi connectivity index (χ0n) is 10.6. The Hall–Kier alpha value is -1.61. The van der Waals surface area contributed by atoms with Gasteiger partial charge in [0.25, 0.3) is 5.91 Å². The Kier molecular flexibility index (Phi) is 3.53. The molecule has 3 nitrogen and oxygen atoms in total. The number of aromatic nitrogens is 1. The molecule has 94 valence electrons. The highest BCUT2D eigenvalue weighted by molar-refractivity contribution is 6.31. The number of pyridine rings is 1. The monoisotopic (exact) mass is 262 g/mol. The number of aryl methyl sites for hydroxylation is 1. The normalized spacial score (nSPS) is 10.9. The van der Waals surface area contributed by atoms with Crippen molar-refractivity contribution >= 4 is 28.4 Å². The van der Waals surface area contributed by atoms with Crippen LogP contribution in [-0.2, 0) is 0 Å². The summed E-state index contributed by atoms with van der Waals surface area (Å²) in [5.74, 6) is -0.0947. The number of amides is 1. The van der Waals surface area contributed by atoms with Crippen LogP contribution < -0.4 is 5.32 Å². The third-order valence-electron chi connectivity index (χ3n) is 2.56. The molecule has 0 bridgehead atoms. The summed E-state index contributed by atoms with van der Waals surface area (Å²) in [7, 11) is 0. The third kappa shape index (κ3) is 2.62. The van der Waals surface area contributed by atoms with Gasteiger partial charge in [-0.1, -0.05) is 11.6 Å². The van der Waals surface area contributed by atoms with E-state index in [9.17, 15) is 4.79 Å². The molecule has 0 aliphatic carbocycles. The second-order valence-corrected chi connectivity index (χ2v) is 5.04. The summed E-state index contributed by atoms with van der Waals surface area (Å²) in [5, 5.41) is 4.28. The highest BCUT2D eigenvalue weighted by Crippen LogP contribution is 2.22. The summed E-state index contributed by atoms with van der Waals surface area (Å²) in [6, 6.07) is 7.27. The first kappa shape index (κ1) is 12.8. The molecule has 1 N–H and O–H groups in total. The van der Waals surface area contributed by atoms with Gasteiger partial charge in [-0.15, -0.1) is 0 Å². The maximum Gasteiger partial charge on any atom is 0.252 e. The van der Waals surface area contributed by atoms with E-state index in [1.807, 2.05) is 26.8 Å². The molecule has 0 aliphatic heterocycles. The first-order valence-corrected chi connectivity index (χ1v) is 6.23. The SMILES string of the molecule is Cc1cc(C(=O)NC(C)C)c2cc(Cl)ccc2n1. The van der Waals surface area contributed by atoms with Crippen molar-refractivity contribution in [1.29, 1.82) is 0 Å². The number of fused-ring (bicyclic) bond motifs is 1. The summed E-state index contributed by atoms with van der Waals surface area (Å²) in [5.41, 5.74) is 2.22. The number of benzene rings is 1. The number of hydrogen-bond acceptors (Lipinski definition) is 2. The molecule has 0 saturated heterocycles. The van der Waals surface area contributed by atoms with Gasteiger partial charge < -0.3 is 5.32 Å². The van der Waals surface area contributed by atoms with E-state index in [4.69, 9.17) is 11.6 Å². The topological polar surface area (TPSA) is 42.0 Å². The number of carbonyl (C=O) groups is 1. The summed E-state index contributed by atoms with van der Waals surface area (Å²) in [4.78, 5) is 16.6. The number of hydrogen-bond donors (Lipinski definition) is 1. The smallest absolute Gasteiger partial charge is 0.252 e. The van der Waals surface area contributed by atoms with Crippen LogP contribution in [0.2, 0.25) is 5.02 Å². The average molecular weight is 263 g/mol. The van der Waals surface area contributed by atoms with Crippen molar-refractivity contribution in [3.63, 3.8) is 0 Å². The molecule has 0 fully saturated rings. The van der Waals surface area contributed by atoms with Gasteiger partial charge in [0.2, 0.25) is 0 Å². The molecule has 0 unspecified atom stereocenters. The molecule has 0 radical (unpaired) electrons. The summed E-state index contributed by atoms with van der Waals surface area (Å²) in [6.07, 6.45) is 0. The van der Waals surface area contributed by atoms with Crippen LogP contribution in [-0.4, -0.2) is 16.9 Å². The van der Waals surface area contributed by atoms with E-state index in [2.05, 4.69) is 10.3 Å². The first-order valence-electron chi connectivity index (χ1n) is 5.85. The Labute approximate surface area is 111 Å². The van der Waals surface area contributed by atoms with E-state index in [0.717, 1.165) is 16.6 Å². The summed E-state index contributed by atoms with van der Waals surface area (Å²) >= 11 is 5.98. The molecule has 2 aromatic rings. The Morgan fingerprint density at radius 1 is 1.33 bits per heavy atom. The molecule has 18 heavy (non-hydrogen) atoms. The van der Waals surface area contributed by atoms with Crippen molar-refractivity contribution in [3.8, 4) is 0 Å². The van der Waals surface area contributed by atoms with Gasteiger partial charge in [0.05, 0.1) is 11.1 Å². The number of rotatable bonds is 2. The third-order valence-corrected chi connectivity index (χ3v) is 2.80. The fourth-order valence-electron chi connectivity index (χ4n) is 1.86. The largest absolute Gasteiger partial charge is 0.350 e. The Balaban J connectivity index is 2.61. The van der Waals surface area contributed by atoms with Crippen LogP contribution in [0.3, 0.4) is 0 Å². The van der Waals surface area contributed by atoms with Gasteiger partial charge in [0.15, 0.2) is 0 Å². The summed E-state index contributed by atoms with van der Waals surface area (Å²) < 4.78 is 0. The molecule has 2 rings (SSSR count). The van der Waals surface area contributed by atoms with Crippen molar-refractivity contribution < 1.29 is 4.79 Å². The second kappa shape index (κ2) is 4.94. The lowest BCUT2D eigenvalue weighted by Crippen LogP contribution is -2.30. The van der Waals surface area contributed by atoms with E-state index in [0.29, 0.717) is 10.6 Å². The van der Waals surface area contributed by atoms with Gasteiger partial charge in [-0.25, -0.2) is 0 Å². The molecule has 0 spiro atoms. The van der Waals surface area contributed by atoms with Gasteiger partial charge in [-0.2, -0.15) is 0 Å². The minimum absolute atomic E-state index is 0.0947. The zero-order chi connectivity index (χ0) is 13.3. The number of nitrogens with zero attached hydrogens (tertiary/aromatic N) is 1. The minimum Gasteiger partial charge on any atom is -0.350 e. The van der Waals surface area contributed by atoms with Crippen LogP contribution in [0.25, 0.3) is 10.9 Å². The lowest BCUT2D eigenvalue weighted by atomic mass is 10.1. The van der Waals surface area contributed by atoms with E-state index in [1.165, 1.54) is 0 Å². The lowest BCUT2D eigenvalue weighted by Gasteiger charge is -2.11. The number of halogens is 1. The fourth-order valence-corrected chi connectivity index (χ4v) is 2.03. The van der Waals surface area contributed by atoms with Crippen LogP contribution in [0, 0.1) is 6.92 Å². The quantitative estimate of drug-likeness (QED) is 0.902. The molecule has 0 aliphatic rings. The lowest BCUT2D eigenvalue weighted by molar-refractivity contribution is 0.0944. The highest BCUT2D eigenvalue weighted by atomic mass is 35.5. The predicted octanol–water partition coefficient (Wildman–Crippen LogP) is 3.33. The Morgan fingerprint density at radius 2 is 2.06 bits per heavy atom. The molecular formula is C14H15ClN2O. The van der Waals surface area contributed by atoms with Crippen LogP contribution in [0.1, 0.15) is 29.9 Å². The predicted molar refractivity (Wildman–Crippen MR) is 74.1 cm³/mol. The standard InChI is InChI=1S/C14H15ClN2O/c1-8(2)16-14(18)12-6-9(3)17-13-5-4-10(15)7-11(12)13/h4-8H,1-3H3,(H,16,18). The molecule has 0 saturated carbocycles. The zero-order valence-corrected chi connectivity index (χ0v) is 11.4. The maximum atomic E-state index is 12.2. The Morgan fingerprint density at radius 3 is 2.72 bits per heavy atom. The molecule has 0 atom stereocenters. The van der Waals surface area contributed by atoms with E-state index >= 15 is 0 Å². The van der Waals surface area contributed by atoms with Crippen LogP contribution in [0.15, 0.2) is 24.3 Å². The van der Waals surface area contributed by atoms with Crippen molar-refractivity contribution in [2.75, 3.05) is 0 Å². The molecule has 4 heteroatoms. The van der Waals surface area contributed by atoms with E-state index in [-0.39, 0.29) is 11.9 Å². The number of carbonyl (C=O) groups excluding carboxylic acids is 1. The van der Waals surface area contributed by atoms with Crippen LogP contribution in [0.4, 0.5) is 0 Å². The Bertz CT molecular complexity index is 608. The van der Waals surface area contributed by atoms with Gasteiger partial charge in [-0.3, -0.25) is 9.78 Å². The van der Waals surface area contributed by atoms with E-state index < -0.39 is 0 Å². The van der Waals surface area contributed by atoms with Crippen molar-refractivity contribution in [2.45, 2.75) is 26.8 Å². The minimum atomic E-state index is -0.0947. The van der Waals surface area contributed by atoms with Crippen molar-refractivity contribution in [1.82, 2.24) is 10.3 Å². The first-order chi connectivity index (χ1) is 8.47. The molecule has 1 amide bonds. The second-order valence-electron chi connectivity index (χ2n) is 4.60. The summed E-state index contributed by atoms with van der Waals surface area (Å²) in [6.45, 7) is 5.74. The number of nitrogens with one attached hydrogen (secondary N) is 1. The van der Waals surface area contributed by atoms with Gasteiger partial charge in [-0.05, 0) is 45.0 Å². The average Bonchev–Trinajstić information content (AvgIpc) is 2.27. The maximum absolute atomic E-state index is 12.2. The molecule has 1 aromatic heterocycles. The highest BCUT2D eigenvalue weighted by Gasteiger charge is 2.13. The van der Waals surface area contributed by atoms with E-state index in [1.54, 1.807) is 18.2 Å². The molecule has 1 heterocycles. The van der Waals surface area contributed by atoms with Crippen molar-refractivity contribution in [3.05, 3.63) is 40.5 Å². The van der Waals surface area contributed by atoms with Gasteiger partial charge >= 0.3 is 0 Å². The van der Waals surface area contributed by atoms with Crippen LogP contribution in [0.5, 0.6) is 0 Å². The van der Waals surface area contributed by atoms with Gasteiger partial charge in [0, 0.05) is 22.1 Å². The van der Waals surface area contributed by atoms with Gasteiger partial charge in [0.1, 0.15) is 0 Å².